The zero-order chi connectivity index (χ0) is 13.2. The van der Waals surface area contributed by atoms with Crippen molar-refractivity contribution in [2.75, 3.05) is 6.54 Å². The molecule has 1 atom stereocenters. The normalized spacial score (nSPS) is 13.7. The van der Waals surface area contributed by atoms with Crippen LogP contribution in [0, 0.1) is 0 Å². The van der Waals surface area contributed by atoms with Gasteiger partial charge in [-0.05, 0) is 31.2 Å². The summed E-state index contributed by atoms with van der Waals surface area (Å²) in [5.41, 5.74) is 0.623. The van der Waals surface area contributed by atoms with Gasteiger partial charge in [-0.1, -0.05) is 6.07 Å². The van der Waals surface area contributed by atoms with Crippen molar-refractivity contribution in [1.82, 2.24) is 9.71 Å². The van der Waals surface area contributed by atoms with E-state index in [0.717, 1.165) is 0 Å². The molecule has 1 aromatic heterocycles. The zero-order valence-electron chi connectivity index (χ0n) is 9.87. The summed E-state index contributed by atoms with van der Waals surface area (Å²) in [6.07, 6.45) is 0.884. The Hall–Kier alpha value is -1.50. The van der Waals surface area contributed by atoms with Crippen LogP contribution in [-0.2, 0) is 10.0 Å². The first kappa shape index (κ1) is 12.9. The molecule has 2 N–H and O–H groups in total. The summed E-state index contributed by atoms with van der Waals surface area (Å²) >= 11 is 0. The molecule has 0 saturated carbocycles. The number of rotatable bonds is 4. The Kier molecular flexibility index (Phi) is 3.60. The third-order valence-electron chi connectivity index (χ3n) is 2.46. The Morgan fingerprint density at radius 3 is 2.83 bits per heavy atom. The monoisotopic (exact) mass is 266 g/mol. The van der Waals surface area contributed by atoms with E-state index in [2.05, 4.69) is 9.71 Å². The van der Waals surface area contributed by atoms with Crippen LogP contribution in [0.2, 0.25) is 0 Å². The van der Waals surface area contributed by atoms with Crippen molar-refractivity contribution in [2.45, 2.75) is 17.9 Å². The van der Waals surface area contributed by atoms with Gasteiger partial charge in [0.2, 0.25) is 10.0 Å². The van der Waals surface area contributed by atoms with Crippen LogP contribution >= 0.6 is 0 Å². The third kappa shape index (κ3) is 2.66. The fraction of sp³-hybridized carbons (Fsp3) is 0.250. The number of sulfonamides is 1. The summed E-state index contributed by atoms with van der Waals surface area (Å²) in [6.45, 7) is 1.51. The second-order valence-corrected chi connectivity index (χ2v) is 5.76. The predicted octanol–water partition coefficient (Wildman–Crippen LogP) is 0.894. The highest BCUT2D eigenvalue weighted by Crippen LogP contribution is 2.20. The Bertz CT molecular complexity index is 648. The molecule has 5 nitrogen and oxygen atoms in total. The van der Waals surface area contributed by atoms with E-state index in [1.165, 1.54) is 13.0 Å². The molecule has 0 aliphatic heterocycles. The number of fused-ring (bicyclic) bond motifs is 1. The summed E-state index contributed by atoms with van der Waals surface area (Å²) in [7, 11) is -3.63. The fourth-order valence-corrected chi connectivity index (χ4v) is 2.95. The summed E-state index contributed by atoms with van der Waals surface area (Å²) in [5, 5.41) is 9.70. The van der Waals surface area contributed by atoms with Crippen molar-refractivity contribution >= 4 is 20.9 Å². The molecule has 6 heteroatoms. The van der Waals surface area contributed by atoms with Crippen LogP contribution < -0.4 is 4.72 Å². The van der Waals surface area contributed by atoms with Crippen molar-refractivity contribution in [3.05, 3.63) is 36.5 Å². The number of nitrogens with one attached hydrogen (secondary N) is 1. The molecule has 96 valence electrons. The van der Waals surface area contributed by atoms with Crippen LogP contribution in [0.5, 0.6) is 0 Å². The topological polar surface area (TPSA) is 79.3 Å². The van der Waals surface area contributed by atoms with E-state index < -0.39 is 16.1 Å². The standard InChI is InChI=1S/C12H14N2O3S/c1-9(15)8-14-18(16,17)12-6-2-5-11-10(12)4-3-7-13-11/h2-7,9,14-15H,8H2,1H3. The fourth-order valence-electron chi connectivity index (χ4n) is 1.62. The van der Waals surface area contributed by atoms with E-state index in [4.69, 9.17) is 5.11 Å². The van der Waals surface area contributed by atoms with Crippen molar-refractivity contribution in [3.63, 3.8) is 0 Å². The molecular weight excluding hydrogens is 252 g/mol. The number of aliphatic hydroxyl groups excluding tert-OH is 1. The summed E-state index contributed by atoms with van der Waals surface area (Å²) in [6, 6.07) is 8.32. The Balaban J connectivity index is 2.47. The maximum absolute atomic E-state index is 12.1. The Morgan fingerprint density at radius 1 is 1.33 bits per heavy atom. The molecule has 0 amide bonds. The highest BCUT2D eigenvalue weighted by atomic mass is 32.2. The molecule has 2 rings (SSSR count). The van der Waals surface area contributed by atoms with Gasteiger partial charge in [-0.25, -0.2) is 13.1 Å². The quantitative estimate of drug-likeness (QED) is 0.861. The van der Waals surface area contributed by atoms with Crippen molar-refractivity contribution in [1.29, 1.82) is 0 Å². The van der Waals surface area contributed by atoms with Gasteiger partial charge in [-0.2, -0.15) is 0 Å². The largest absolute Gasteiger partial charge is 0.392 e. The highest BCUT2D eigenvalue weighted by molar-refractivity contribution is 7.89. The average molecular weight is 266 g/mol. The molecule has 1 unspecified atom stereocenters. The number of pyridine rings is 1. The zero-order valence-corrected chi connectivity index (χ0v) is 10.7. The van der Waals surface area contributed by atoms with E-state index in [1.54, 1.807) is 30.5 Å². The molecule has 0 saturated heterocycles. The van der Waals surface area contributed by atoms with Gasteiger partial charge in [0.25, 0.3) is 0 Å². The number of nitrogens with zero attached hydrogens (tertiary/aromatic N) is 1. The minimum atomic E-state index is -3.63. The maximum atomic E-state index is 12.1. The lowest BCUT2D eigenvalue weighted by atomic mass is 10.2. The smallest absolute Gasteiger partial charge is 0.241 e. The van der Waals surface area contributed by atoms with E-state index in [1.807, 2.05) is 0 Å². The lowest BCUT2D eigenvalue weighted by molar-refractivity contribution is 0.198. The number of aromatic nitrogens is 1. The van der Waals surface area contributed by atoms with Gasteiger partial charge in [0.15, 0.2) is 0 Å². The van der Waals surface area contributed by atoms with Crippen molar-refractivity contribution in [3.8, 4) is 0 Å². The molecule has 1 aromatic carbocycles. The first-order chi connectivity index (χ1) is 8.50. The lowest BCUT2D eigenvalue weighted by Crippen LogP contribution is -2.30. The highest BCUT2D eigenvalue weighted by Gasteiger charge is 2.17. The lowest BCUT2D eigenvalue weighted by Gasteiger charge is -2.10. The van der Waals surface area contributed by atoms with Gasteiger partial charge in [0, 0.05) is 18.1 Å². The minimum absolute atomic E-state index is 0.0149. The third-order valence-corrected chi connectivity index (χ3v) is 3.95. The van der Waals surface area contributed by atoms with Crippen LogP contribution in [0.4, 0.5) is 0 Å². The summed E-state index contributed by atoms with van der Waals surface area (Å²) in [4.78, 5) is 4.28. The number of hydrogen-bond acceptors (Lipinski definition) is 4. The van der Waals surface area contributed by atoms with Crippen molar-refractivity contribution < 1.29 is 13.5 Å². The Morgan fingerprint density at radius 2 is 2.11 bits per heavy atom. The molecule has 0 bridgehead atoms. The van der Waals surface area contributed by atoms with Gasteiger partial charge in [0.1, 0.15) is 0 Å². The molecule has 18 heavy (non-hydrogen) atoms. The molecule has 0 fully saturated rings. The van der Waals surface area contributed by atoms with Crippen LogP contribution in [0.3, 0.4) is 0 Å². The first-order valence-electron chi connectivity index (χ1n) is 5.52. The van der Waals surface area contributed by atoms with Crippen LogP contribution in [0.25, 0.3) is 10.9 Å². The average Bonchev–Trinajstić information content (AvgIpc) is 2.36. The molecule has 0 spiro atoms. The van der Waals surface area contributed by atoms with Crippen LogP contribution in [0.15, 0.2) is 41.4 Å². The van der Waals surface area contributed by atoms with E-state index in [0.29, 0.717) is 10.9 Å². The second-order valence-electron chi connectivity index (χ2n) is 4.03. The van der Waals surface area contributed by atoms with Gasteiger partial charge in [-0.3, -0.25) is 4.98 Å². The van der Waals surface area contributed by atoms with Crippen LogP contribution in [0.1, 0.15) is 6.92 Å². The molecule has 1 heterocycles. The molecule has 2 aromatic rings. The maximum Gasteiger partial charge on any atom is 0.241 e. The van der Waals surface area contributed by atoms with E-state index in [-0.39, 0.29) is 11.4 Å². The summed E-state index contributed by atoms with van der Waals surface area (Å²) < 4.78 is 26.6. The van der Waals surface area contributed by atoms with E-state index >= 15 is 0 Å². The Labute approximate surface area is 106 Å². The first-order valence-corrected chi connectivity index (χ1v) is 7.00. The van der Waals surface area contributed by atoms with Crippen molar-refractivity contribution in [2.24, 2.45) is 0 Å². The molecule has 0 aliphatic rings. The van der Waals surface area contributed by atoms with E-state index in [9.17, 15) is 8.42 Å². The van der Waals surface area contributed by atoms with Gasteiger partial charge in [-0.15, -0.1) is 0 Å². The number of aliphatic hydroxyl groups is 1. The van der Waals surface area contributed by atoms with Gasteiger partial charge >= 0.3 is 0 Å². The molecule has 0 aliphatic carbocycles. The predicted molar refractivity (Wildman–Crippen MR) is 68.6 cm³/mol. The molecular formula is C12H14N2O3S. The SMILES string of the molecule is CC(O)CNS(=O)(=O)c1cccc2ncccc12. The van der Waals surface area contributed by atoms with Gasteiger partial charge < -0.3 is 5.11 Å². The number of hydrogen-bond donors (Lipinski definition) is 2. The van der Waals surface area contributed by atoms with Crippen LogP contribution in [-0.4, -0.2) is 31.2 Å². The minimum Gasteiger partial charge on any atom is -0.392 e. The molecule has 0 radical (unpaired) electrons. The van der Waals surface area contributed by atoms with Gasteiger partial charge in [0.05, 0.1) is 16.5 Å². The number of benzene rings is 1. The second kappa shape index (κ2) is 5.01. The summed E-state index contributed by atoms with van der Waals surface area (Å²) in [5.74, 6) is 0.